The average molecular weight is 486 g/mol. The SMILES string of the molecule is C/C1=C/C[C@@H](/C(C)=C/c2csc(C)n2)OC(=O)C[C@H](C)C(C)(C)C(=O)[C@H](C)[C@@H](C)[C@@H](C)/C=C/C1. The van der Waals surface area contributed by atoms with E-state index in [9.17, 15) is 9.59 Å². The molecule has 0 spiro atoms. The standard InChI is InChI=1S/C29H43NO3S/c1-18-11-10-12-19(2)22(5)23(6)28(32)29(8,9)21(4)16-27(31)33-26(14-13-18)20(3)15-25-17-34-24(7)30-25/h10,12-13,15,17,19,21-23,26H,11,14,16H2,1-9H3/b12-10+,18-13-,20-15+/t19-,21-,22-,23+,26-/m0/s1. The maximum atomic E-state index is 13.5. The van der Waals surface area contributed by atoms with E-state index in [2.05, 4.69) is 44.0 Å². The largest absolute Gasteiger partial charge is 0.457 e. The van der Waals surface area contributed by atoms with Crippen molar-refractivity contribution in [3.8, 4) is 0 Å². The second kappa shape index (κ2) is 12.1. The smallest absolute Gasteiger partial charge is 0.306 e. The predicted molar refractivity (Wildman–Crippen MR) is 143 cm³/mol. The maximum Gasteiger partial charge on any atom is 0.306 e. The summed E-state index contributed by atoms with van der Waals surface area (Å²) in [6, 6.07) is 0. The molecule has 1 aromatic heterocycles. The van der Waals surface area contributed by atoms with Gasteiger partial charge in [-0.3, -0.25) is 9.59 Å². The summed E-state index contributed by atoms with van der Waals surface area (Å²) in [6.45, 7) is 18.4. The molecule has 0 bridgehead atoms. The van der Waals surface area contributed by atoms with Gasteiger partial charge in [-0.25, -0.2) is 4.98 Å². The molecule has 2 heterocycles. The third-order valence-electron chi connectivity index (χ3n) is 7.73. The van der Waals surface area contributed by atoms with Gasteiger partial charge < -0.3 is 4.74 Å². The van der Waals surface area contributed by atoms with E-state index in [1.54, 1.807) is 11.3 Å². The number of rotatable bonds is 2. The molecule has 5 atom stereocenters. The Kier molecular flexibility index (Phi) is 10.0. The maximum absolute atomic E-state index is 13.5. The molecular formula is C29H43NO3S. The summed E-state index contributed by atoms with van der Waals surface area (Å²) in [6.07, 6.45) is 9.94. The fourth-order valence-corrected chi connectivity index (χ4v) is 4.94. The van der Waals surface area contributed by atoms with Crippen LogP contribution in [0.15, 0.2) is 34.8 Å². The molecule has 1 aliphatic heterocycles. The third kappa shape index (κ3) is 7.49. The van der Waals surface area contributed by atoms with E-state index in [4.69, 9.17) is 4.74 Å². The quantitative estimate of drug-likeness (QED) is 0.320. The number of carbonyl (C=O) groups excluding carboxylic acids is 2. The van der Waals surface area contributed by atoms with E-state index < -0.39 is 5.41 Å². The van der Waals surface area contributed by atoms with Gasteiger partial charge in [-0.1, -0.05) is 65.3 Å². The van der Waals surface area contributed by atoms with Crippen molar-refractivity contribution >= 4 is 29.2 Å². The summed E-state index contributed by atoms with van der Waals surface area (Å²) >= 11 is 1.61. The second-order valence-electron chi connectivity index (χ2n) is 10.8. The van der Waals surface area contributed by atoms with E-state index in [0.29, 0.717) is 12.3 Å². The van der Waals surface area contributed by atoms with E-state index in [1.807, 2.05) is 53.0 Å². The number of hydrogen-bond donors (Lipinski definition) is 0. The van der Waals surface area contributed by atoms with Crippen molar-refractivity contribution in [1.29, 1.82) is 0 Å². The Balaban J connectivity index is 2.37. The minimum atomic E-state index is -0.609. The number of carbonyl (C=O) groups is 2. The first kappa shape index (κ1) is 28.2. The van der Waals surface area contributed by atoms with Crippen molar-refractivity contribution in [3.63, 3.8) is 0 Å². The number of Topliss-reactive ketones (excluding diaryl/α,β-unsaturated/α-hetero) is 1. The molecule has 0 N–H and O–H groups in total. The highest BCUT2D eigenvalue weighted by molar-refractivity contribution is 7.09. The van der Waals surface area contributed by atoms with Gasteiger partial charge in [0.1, 0.15) is 11.9 Å². The molecule has 0 fully saturated rings. The number of hydrogen-bond acceptors (Lipinski definition) is 5. The van der Waals surface area contributed by atoms with Crippen molar-refractivity contribution in [2.24, 2.45) is 29.1 Å². The molecule has 5 heteroatoms. The zero-order valence-corrected chi connectivity index (χ0v) is 23.3. The van der Waals surface area contributed by atoms with Crippen LogP contribution in [0.5, 0.6) is 0 Å². The van der Waals surface area contributed by atoms with Crippen molar-refractivity contribution in [3.05, 3.63) is 45.5 Å². The highest BCUT2D eigenvalue weighted by Crippen LogP contribution is 2.37. The molecule has 1 aromatic rings. The summed E-state index contributed by atoms with van der Waals surface area (Å²) in [5.41, 5.74) is 2.49. The molecule has 1 aliphatic rings. The van der Waals surface area contributed by atoms with Gasteiger partial charge in [0, 0.05) is 29.6 Å². The van der Waals surface area contributed by atoms with Crippen LogP contribution in [0.4, 0.5) is 0 Å². The zero-order valence-electron chi connectivity index (χ0n) is 22.5. The van der Waals surface area contributed by atoms with Gasteiger partial charge in [-0.15, -0.1) is 11.3 Å². The Morgan fingerprint density at radius 1 is 1.18 bits per heavy atom. The summed E-state index contributed by atoms with van der Waals surface area (Å²) in [4.78, 5) is 31.0. The number of aromatic nitrogens is 1. The topological polar surface area (TPSA) is 56.3 Å². The van der Waals surface area contributed by atoms with Crippen LogP contribution in [0.2, 0.25) is 0 Å². The number of thiazole rings is 1. The molecule has 4 nitrogen and oxygen atoms in total. The molecule has 0 aliphatic carbocycles. The lowest BCUT2D eigenvalue weighted by atomic mass is 9.68. The summed E-state index contributed by atoms with van der Waals surface area (Å²) in [7, 11) is 0. The summed E-state index contributed by atoms with van der Waals surface area (Å²) in [5, 5.41) is 3.02. The highest BCUT2D eigenvalue weighted by Gasteiger charge is 2.40. The van der Waals surface area contributed by atoms with Crippen LogP contribution < -0.4 is 0 Å². The second-order valence-corrected chi connectivity index (χ2v) is 11.8. The first-order valence-electron chi connectivity index (χ1n) is 12.5. The normalized spacial score (nSPS) is 32.6. The third-order valence-corrected chi connectivity index (χ3v) is 8.52. The number of esters is 1. The van der Waals surface area contributed by atoms with Crippen LogP contribution in [-0.2, 0) is 14.3 Å². The van der Waals surface area contributed by atoms with E-state index in [0.717, 1.165) is 22.7 Å². The van der Waals surface area contributed by atoms with Crippen molar-refractivity contribution in [2.75, 3.05) is 0 Å². The molecule has 0 saturated carbocycles. The Labute approximate surface area is 210 Å². The molecule has 0 amide bonds. The van der Waals surface area contributed by atoms with Crippen LogP contribution in [0.25, 0.3) is 6.08 Å². The fourth-order valence-electron chi connectivity index (χ4n) is 4.37. The Morgan fingerprint density at radius 3 is 2.47 bits per heavy atom. The predicted octanol–water partition coefficient (Wildman–Crippen LogP) is 7.59. The molecular weight excluding hydrogens is 442 g/mol. The van der Waals surface area contributed by atoms with E-state index in [1.165, 1.54) is 5.57 Å². The lowest BCUT2D eigenvalue weighted by molar-refractivity contribution is -0.150. The lowest BCUT2D eigenvalue weighted by Gasteiger charge is -2.35. The molecule has 34 heavy (non-hydrogen) atoms. The molecule has 0 unspecified atom stereocenters. The van der Waals surface area contributed by atoms with Gasteiger partial charge in [-0.05, 0) is 56.6 Å². The van der Waals surface area contributed by atoms with Crippen molar-refractivity contribution in [1.82, 2.24) is 4.98 Å². The first-order chi connectivity index (χ1) is 15.8. The Bertz CT molecular complexity index is 952. The van der Waals surface area contributed by atoms with Crippen LogP contribution in [0, 0.1) is 36.0 Å². The number of allylic oxidation sites excluding steroid dienone is 3. The summed E-state index contributed by atoms with van der Waals surface area (Å²) in [5.74, 6) is 0.283. The van der Waals surface area contributed by atoms with Gasteiger partial charge in [0.2, 0.25) is 0 Å². The molecule has 188 valence electrons. The van der Waals surface area contributed by atoms with Gasteiger partial charge in [0.05, 0.1) is 10.7 Å². The van der Waals surface area contributed by atoms with Crippen molar-refractivity contribution < 1.29 is 14.3 Å². The van der Waals surface area contributed by atoms with E-state index in [-0.39, 0.29) is 42.0 Å². The van der Waals surface area contributed by atoms with Crippen LogP contribution in [-0.4, -0.2) is 22.8 Å². The molecule has 0 radical (unpaired) electrons. The van der Waals surface area contributed by atoms with Crippen LogP contribution in [0.3, 0.4) is 0 Å². The van der Waals surface area contributed by atoms with Crippen molar-refractivity contribution in [2.45, 2.75) is 87.7 Å². The minimum Gasteiger partial charge on any atom is -0.457 e. The number of nitrogens with zero attached hydrogens (tertiary/aromatic N) is 1. The monoisotopic (exact) mass is 485 g/mol. The zero-order chi connectivity index (χ0) is 25.6. The summed E-state index contributed by atoms with van der Waals surface area (Å²) < 4.78 is 6.00. The van der Waals surface area contributed by atoms with Crippen LogP contribution in [0.1, 0.15) is 85.4 Å². The van der Waals surface area contributed by atoms with Gasteiger partial charge in [0.25, 0.3) is 0 Å². The van der Waals surface area contributed by atoms with Gasteiger partial charge in [-0.2, -0.15) is 0 Å². The number of ketones is 1. The number of cyclic esters (lactones) is 1. The molecule has 2 rings (SSSR count). The lowest BCUT2D eigenvalue weighted by Crippen LogP contribution is -2.39. The average Bonchev–Trinajstić information content (AvgIpc) is 3.18. The number of aryl methyl sites for hydroxylation is 1. The van der Waals surface area contributed by atoms with Crippen LogP contribution >= 0.6 is 11.3 Å². The Hall–Kier alpha value is -2.01. The molecule has 0 saturated heterocycles. The Morgan fingerprint density at radius 2 is 1.85 bits per heavy atom. The van der Waals surface area contributed by atoms with Gasteiger partial charge >= 0.3 is 5.97 Å². The highest BCUT2D eigenvalue weighted by atomic mass is 32.1. The fraction of sp³-hybridized carbons (Fsp3) is 0.621. The van der Waals surface area contributed by atoms with E-state index >= 15 is 0 Å². The molecule has 0 aromatic carbocycles. The number of ether oxygens (including phenoxy) is 1. The minimum absolute atomic E-state index is 0.0860. The van der Waals surface area contributed by atoms with Gasteiger partial charge in [0.15, 0.2) is 0 Å². The first-order valence-corrected chi connectivity index (χ1v) is 13.4.